The van der Waals surface area contributed by atoms with Gasteiger partial charge in [0, 0.05) is 9.86 Å². The van der Waals surface area contributed by atoms with Crippen molar-refractivity contribution in [2.24, 2.45) is 0 Å². The first-order valence-corrected chi connectivity index (χ1v) is 5.49. The highest BCUT2D eigenvalue weighted by Gasteiger charge is 2.30. The summed E-state index contributed by atoms with van der Waals surface area (Å²) in [6.07, 6.45) is 1.12. The minimum Gasteiger partial charge on any atom is -0.463 e. The zero-order chi connectivity index (χ0) is 11.1. The molecule has 0 aliphatic heterocycles. The third-order valence-corrected chi connectivity index (χ3v) is 2.99. The van der Waals surface area contributed by atoms with Crippen molar-refractivity contribution in [3.8, 4) is 0 Å². The van der Waals surface area contributed by atoms with Crippen LogP contribution in [0, 0.1) is 0 Å². The van der Waals surface area contributed by atoms with Crippen molar-refractivity contribution in [3.05, 3.63) is 28.9 Å². The monoisotopic (exact) mass is 296 g/mol. The summed E-state index contributed by atoms with van der Waals surface area (Å²) in [6, 6.07) is 4.95. The molecule has 1 nitrogen and oxygen atoms in total. The first-order valence-electron chi connectivity index (χ1n) is 3.88. The summed E-state index contributed by atoms with van der Waals surface area (Å²) in [5, 5.41) is 0.465. The molecule has 1 aromatic carbocycles. The third kappa shape index (κ3) is 2.49. The molecule has 2 aromatic rings. The number of benzene rings is 1. The Morgan fingerprint density at radius 2 is 2.00 bits per heavy atom. The Kier molecular flexibility index (Phi) is 2.72. The van der Waals surface area contributed by atoms with Crippen LogP contribution in [0.15, 0.2) is 38.2 Å². The van der Waals surface area contributed by atoms with Crippen LogP contribution in [0.25, 0.3) is 11.0 Å². The van der Waals surface area contributed by atoms with E-state index in [2.05, 4.69) is 15.9 Å². The van der Waals surface area contributed by atoms with Gasteiger partial charge in [-0.3, -0.25) is 0 Å². The lowest BCUT2D eigenvalue weighted by Gasteiger charge is -2.02. The van der Waals surface area contributed by atoms with Crippen LogP contribution in [0.2, 0.25) is 0 Å². The fraction of sp³-hybridized carbons (Fsp3) is 0.111. The van der Waals surface area contributed by atoms with Crippen LogP contribution in [0.4, 0.5) is 13.2 Å². The van der Waals surface area contributed by atoms with E-state index in [9.17, 15) is 13.2 Å². The molecular formula is C9H4BrF3OS. The molecule has 0 aliphatic rings. The Bertz CT molecular complexity index is 492. The molecule has 0 atom stereocenters. The van der Waals surface area contributed by atoms with Gasteiger partial charge in [-0.2, -0.15) is 13.2 Å². The molecule has 1 aromatic heterocycles. The van der Waals surface area contributed by atoms with Gasteiger partial charge < -0.3 is 4.42 Å². The molecule has 0 aliphatic carbocycles. The second kappa shape index (κ2) is 3.75. The molecule has 6 heteroatoms. The van der Waals surface area contributed by atoms with Gasteiger partial charge in [-0.1, -0.05) is 15.9 Å². The lowest BCUT2D eigenvalue weighted by molar-refractivity contribution is -0.0327. The van der Waals surface area contributed by atoms with Crippen LogP contribution in [-0.2, 0) is 0 Å². The van der Waals surface area contributed by atoms with Crippen molar-refractivity contribution in [1.82, 2.24) is 0 Å². The summed E-state index contributed by atoms with van der Waals surface area (Å²) < 4.78 is 42.2. The number of hydrogen-bond donors (Lipinski definition) is 0. The Labute approximate surface area is 95.8 Å². The Hall–Kier alpha value is -0.620. The maximum absolute atomic E-state index is 12.2. The highest BCUT2D eigenvalue weighted by Crippen LogP contribution is 2.41. The van der Waals surface area contributed by atoms with Gasteiger partial charge in [0.15, 0.2) is 0 Å². The van der Waals surface area contributed by atoms with Crippen LogP contribution in [-0.4, -0.2) is 5.51 Å². The van der Waals surface area contributed by atoms with E-state index in [0.29, 0.717) is 11.0 Å². The van der Waals surface area contributed by atoms with Gasteiger partial charge in [0.1, 0.15) is 11.8 Å². The first kappa shape index (κ1) is 10.9. The van der Waals surface area contributed by atoms with E-state index in [1.54, 1.807) is 18.2 Å². The lowest BCUT2D eigenvalue weighted by Crippen LogP contribution is -1.98. The van der Waals surface area contributed by atoms with Gasteiger partial charge in [-0.05, 0) is 30.0 Å². The smallest absolute Gasteiger partial charge is 0.446 e. The molecule has 0 unspecified atom stereocenters. The van der Waals surface area contributed by atoms with Crippen LogP contribution in [0.1, 0.15) is 0 Å². The molecule has 2 rings (SSSR count). The summed E-state index contributed by atoms with van der Waals surface area (Å²) in [7, 11) is 0. The van der Waals surface area contributed by atoms with Crippen LogP contribution >= 0.6 is 27.7 Å². The van der Waals surface area contributed by atoms with E-state index in [1.807, 2.05) is 0 Å². The number of thioether (sulfide) groups is 1. The Morgan fingerprint density at radius 1 is 1.27 bits per heavy atom. The summed E-state index contributed by atoms with van der Waals surface area (Å²) in [4.78, 5) is 0.0822. The molecule has 80 valence electrons. The topological polar surface area (TPSA) is 13.1 Å². The highest BCUT2D eigenvalue weighted by atomic mass is 79.9. The van der Waals surface area contributed by atoms with Gasteiger partial charge in [0.2, 0.25) is 0 Å². The van der Waals surface area contributed by atoms with Crippen molar-refractivity contribution in [3.63, 3.8) is 0 Å². The van der Waals surface area contributed by atoms with E-state index < -0.39 is 5.51 Å². The molecule has 0 saturated heterocycles. The fourth-order valence-corrected chi connectivity index (χ4v) is 2.16. The number of alkyl halides is 3. The highest BCUT2D eigenvalue weighted by molar-refractivity contribution is 9.10. The molecule has 0 bridgehead atoms. The standard InChI is InChI=1S/C9H4BrF3OS/c10-5-1-2-7-6(3-5)8(4-14-7)15-9(11,12)13/h1-4H. The molecule has 0 spiro atoms. The Balaban J connectivity index is 2.48. The first-order chi connectivity index (χ1) is 6.96. The summed E-state index contributed by atoms with van der Waals surface area (Å²) in [5.41, 5.74) is -3.84. The van der Waals surface area contributed by atoms with Gasteiger partial charge in [-0.25, -0.2) is 0 Å². The van der Waals surface area contributed by atoms with E-state index in [-0.39, 0.29) is 16.7 Å². The van der Waals surface area contributed by atoms with E-state index in [1.165, 1.54) is 0 Å². The van der Waals surface area contributed by atoms with E-state index in [0.717, 1.165) is 10.7 Å². The van der Waals surface area contributed by atoms with E-state index >= 15 is 0 Å². The SMILES string of the molecule is FC(F)(F)Sc1coc2ccc(Br)cc12. The van der Waals surface area contributed by atoms with Gasteiger partial charge in [0.25, 0.3) is 0 Å². The molecular weight excluding hydrogens is 293 g/mol. The number of rotatable bonds is 1. The minimum atomic E-state index is -4.29. The molecule has 0 amide bonds. The van der Waals surface area contributed by atoms with Gasteiger partial charge >= 0.3 is 5.51 Å². The zero-order valence-electron chi connectivity index (χ0n) is 7.14. The predicted molar refractivity (Wildman–Crippen MR) is 55.8 cm³/mol. The van der Waals surface area contributed by atoms with Crippen LogP contribution in [0.5, 0.6) is 0 Å². The molecule has 1 heterocycles. The lowest BCUT2D eigenvalue weighted by atomic mass is 10.3. The van der Waals surface area contributed by atoms with Crippen molar-refractivity contribution < 1.29 is 17.6 Å². The quantitative estimate of drug-likeness (QED) is 0.701. The van der Waals surface area contributed by atoms with Crippen LogP contribution in [0.3, 0.4) is 0 Å². The summed E-state index contributed by atoms with van der Waals surface area (Å²) >= 11 is 3.03. The molecule has 0 radical (unpaired) electrons. The van der Waals surface area contributed by atoms with Crippen molar-refractivity contribution in [1.29, 1.82) is 0 Å². The van der Waals surface area contributed by atoms with Crippen molar-refractivity contribution in [2.75, 3.05) is 0 Å². The van der Waals surface area contributed by atoms with Crippen molar-refractivity contribution >= 4 is 38.7 Å². The zero-order valence-corrected chi connectivity index (χ0v) is 9.54. The minimum absolute atomic E-state index is 0.0822. The average Bonchev–Trinajstić information content (AvgIpc) is 2.46. The molecule has 0 saturated carbocycles. The maximum Gasteiger partial charge on any atom is 0.446 e. The summed E-state index contributed by atoms with van der Waals surface area (Å²) in [5.74, 6) is 0. The van der Waals surface area contributed by atoms with Crippen LogP contribution < -0.4 is 0 Å². The second-order valence-corrected chi connectivity index (χ2v) is 4.81. The second-order valence-electron chi connectivity index (χ2n) is 2.79. The summed E-state index contributed by atoms with van der Waals surface area (Å²) in [6.45, 7) is 0. The normalized spacial score (nSPS) is 12.3. The predicted octanol–water partition coefficient (Wildman–Crippen LogP) is 4.81. The van der Waals surface area contributed by atoms with Gasteiger partial charge in [-0.15, -0.1) is 0 Å². The maximum atomic E-state index is 12.2. The third-order valence-electron chi connectivity index (χ3n) is 1.73. The number of fused-ring (bicyclic) bond motifs is 1. The number of furan rings is 1. The number of hydrogen-bond acceptors (Lipinski definition) is 2. The van der Waals surface area contributed by atoms with E-state index in [4.69, 9.17) is 4.42 Å². The molecule has 15 heavy (non-hydrogen) atoms. The van der Waals surface area contributed by atoms with Gasteiger partial charge in [0.05, 0.1) is 4.90 Å². The average molecular weight is 297 g/mol. The number of halogens is 4. The molecule has 0 fully saturated rings. The van der Waals surface area contributed by atoms with Crippen molar-refractivity contribution in [2.45, 2.75) is 10.4 Å². The fourth-order valence-electron chi connectivity index (χ4n) is 1.18. The largest absolute Gasteiger partial charge is 0.463 e. The Morgan fingerprint density at radius 3 is 2.67 bits per heavy atom. The molecule has 0 N–H and O–H groups in total.